The summed E-state index contributed by atoms with van der Waals surface area (Å²) in [6.07, 6.45) is 0. The van der Waals surface area contributed by atoms with Crippen LogP contribution in [0.5, 0.6) is 0 Å². The molecule has 0 radical (unpaired) electrons. The summed E-state index contributed by atoms with van der Waals surface area (Å²) in [5, 5.41) is 0. The molecular formula is C18H27N. The lowest BCUT2D eigenvalue weighted by Crippen LogP contribution is -1.79. The minimum Gasteiger partial charge on any atom is -0.333 e. The van der Waals surface area contributed by atoms with Gasteiger partial charge in [0.1, 0.15) is 0 Å². The summed E-state index contributed by atoms with van der Waals surface area (Å²) < 4.78 is 0. The zero-order valence-electron chi connectivity index (χ0n) is 13.1. The molecule has 0 heterocycles. The molecule has 0 saturated carbocycles. The second kappa shape index (κ2) is 9.35. The van der Waals surface area contributed by atoms with Crippen molar-refractivity contribution in [3.8, 4) is 0 Å². The lowest BCUT2D eigenvalue weighted by Gasteiger charge is -1.98. The predicted molar refractivity (Wildman–Crippen MR) is 86.7 cm³/mol. The monoisotopic (exact) mass is 257 g/mol. The van der Waals surface area contributed by atoms with Gasteiger partial charge in [-0.3, -0.25) is 0 Å². The van der Waals surface area contributed by atoms with E-state index in [1.165, 1.54) is 34.9 Å². The molecule has 0 aliphatic rings. The Hall–Kier alpha value is -1.60. The average Bonchev–Trinajstić information content (AvgIpc) is 2.37. The number of benzene rings is 2. The van der Waals surface area contributed by atoms with Gasteiger partial charge in [0.15, 0.2) is 0 Å². The van der Waals surface area contributed by atoms with Gasteiger partial charge in [0, 0.05) is 0 Å². The van der Waals surface area contributed by atoms with Gasteiger partial charge in [-0.2, -0.15) is 0 Å². The van der Waals surface area contributed by atoms with E-state index in [4.69, 9.17) is 0 Å². The first-order valence-electron chi connectivity index (χ1n) is 6.64. The molecule has 2 N–H and O–H groups in total. The summed E-state index contributed by atoms with van der Waals surface area (Å²) in [5.74, 6) is 0. The molecule has 1 nitrogen and oxygen atoms in total. The van der Waals surface area contributed by atoms with Crippen LogP contribution in [0.25, 0.3) is 0 Å². The Balaban J connectivity index is 0.000000303. The number of hydrogen-bond donors (Lipinski definition) is 1. The van der Waals surface area contributed by atoms with Crippen molar-refractivity contribution in [3.05, 3.63) is 70.3 Å². The van der Waals surface area contributed by atoms with E-state index < -0.39 is 0 Å². The number of rotatable bonds is 0. The van der Waals surface area contributed by atoms with Crippen LogP contribution in [-0.2, 0) is 0 Å². The van der Waals surface area contributed by atoms with Crippen LogP contribution in [0, 0.1) is 34.6 Å². The van der Waals surface area contributed by atoms with E-state index in [0.717, 1.165) is 0 Å². The Morgan fingerprint density at radius 2 is 1.05 bits per heavy atom. The van der Waals surface area contributed by atoms with E-state index in [1.807, 2.05) is 0 Å². The zero-order valence-corrected chi connectivity index (χ0v) is 13.1. The standard InChI is InChI=1S/C9H12.C8H10.CH5N/c1-7-4-5-8(2)9(3)6-7;1-7-4-3-5-8(2)6-7;1-2/h4-6H,1-3H3;3-6H,1-2H3;2H2,1H3. The van der Waals surface area contributed by atoms with Gasteiger partial charge in [0.2, 0.25) is 0 Å². The molecule has 0 aliphatic carbocycles. The van der Waals surface area contributed by atoms with Crippen LogP contribution in [0.15, 0.2) is 42.5 Å². The van der Waals surface area contributed by atoms with Gasteiger partial charge < -0.3 is 5.73 Å². The summed E-state index contributed by atoms with van der Waals surface area (Å²) in [6, 6.07) is 15.0. The first-order chi connectivity index (χ1) is 8.99. The van der Waals surface area contributed by atoms with Crippen LogP contribution in [0.4, 0.5) is 0 Å². The zero-order chi connectivity index (χ0) is 14.8. The third-order valence-electron chi connectivity index (χ3n) is 2.84. The SMILES string of the molecule is CN.Cc1ccc(C)c(C)c1.Cc1cccc(C)c1. The molecule has 0 amide bonds. The largest absolute Gasteiger partial charge is 0.333 e. The van der Waals surface area contributed by atoms with Gasteiger partial charge in [0.05, 0.1) is 0 Å². The van der Waals surface area contributed by atoms with Crippen molar-refractivity contribution in [2.75, 3.05) is 7.05 Å². The van der Waals surface area contributed by atoms with Crippen molar-refractivity contribution < 1.29 is 0 Å². The molecule has 0 bridgehead atoms. The highest BCUT2D eigenvalue weighted by Crippen LogP contribution is 2.07. The van der Waals surface area contributed by atoms with Gasteiger partial charge in [-0.05, 0) is 52.8 Å². The van der Waals surface area contributed by atoms with E-state index in [1.54, 1.807) is 0 Å². The highest BCUT2D eigenvalue weighted by molar-refractivity contribution is 5.28. The topological polar surface area (TPSA) is 26.0 Å². The average molecular weight is 257 g/mol. The first kappa shape index (κ1) is 17.4. The number of aryl methyl sites for hydroxylation is 5. The molecule has 2 aromatic rings. The highest BCUT2D eigenvalue weighted by atomic mass is 14.4. The molecule has 2 aromatic carbocycles. The summed E-state index contributed by atoms with van der Waals surface area (Å²) in [7, 11) is 1.50. The molecule has 0 saturated heterocycles. The normalized spacial score (nSPS) is 8.79. The molecule has 0 unspecified atom stereocenters. The second-order valence-corrected chi connectivity index (χ2v) is 4.75. The van der Waals surface area contributed by atoms with Gasteiger partial charge >= 0.3 is 0 Å². The molecular weight excluding hydrogens is 230 g/mol. The number of hydrogen-bond acceptors (Lipinski definition) is 1. The van der Waals surface area contributed by atoms with E-state index in [2.05, 4.69) is 82.8 Å². The van der Waals surface area contributed by atoms with Crippen LogP contribution < -0.4 is 5.73 Å². The van der Waals surface area contributed by atoms with Crippen LogP contribution in [-0.4, -0.2) is 7.05 Å². The van der Waals surface area contributed by atoms with Crippen LogP contribution in [0.2, 0.25) is 0 Å². The molecule has 0 fully saturated rings. The third-order valence-corrected chi connectivity index (χ3v) is 2.84. The van der Waals surface area contributed by atoms with E-state index >= 15 is 0 Å². The maximum Gasteiger partial charge on any atom is -0.0195 e. The fraction of sp³-hybridized carbons (Fsp3) is 0.333. The Kier molecular flexibility index (Phi) is 8.56. The molecule has 104 valence electrons. The van der Waals surface area contributed by atoms with Crippen molar-refractivity contribution in [2.24, 2.45) is 5.73 Å². The fourth-order valence-corrected chi connectivity index (χ4v) is 1.70. The van der Waals surface area contributed by atoms with Crippen LogP contribution in [0.1, 0.15) is 27.8 Å². The molecule has 0 spiro atoms. The Bertz CT molecular complexity index is 470. The van der Waals surface area contributed by atoms with Crippen LogP contribution >= 0.6 is 0 Å². The minimum absolute atomic E-state index is 1.34. The Morgan fingerprint density at radius 1 is 0.579 bits per heavy atom. The van der Waals surface area contributed by atoms with E-state index in [0.29, 0.717) is 0 Å². The van der Waals surface area contributed by atoms with Crippen molar-refractivity contribution in [1.29, 1.82) is 0 Å². The van der Waals surface area contributed by atoms with E-state index in [-0.39, 0.29) is 0 Å². The quantitative estimate of drug-likeness (QED) is 0.739. The predicted octanol–water partition coefficient (Wildman–Crippen LogP) is 4.49. The number of nitrogens with two attached hydrogens (primary N) is 1. The molecule has 0 aromatic heterocycles. The van der Waals surface area contributed by atoms with Crippen molar-refractivity contribution in [2.45, 2.75) is 34.6 Å². The van der Waals surface area contributed by atoms with Gasteiger partial charge in [0.25, 0.3) is 0 Å². The maximum atomic E-state index is 4.50. The maximum absolute atomic E-state index is 4.50. The molecule has 2 rings (SSSR count). The van der Waals surface area contributed by atoms with Gasteiger partial charge in [-0.1, -0.05) is 59.2 Å². The molecule has 1 heteroatoms. The van der Waals surface area contributed by atoms with Crippen molar-refractivity contribution in [1.82, 2.24) is 0 Å². The third kappa shape index (κ3) is 7.43. The summed E-state index contributed by atoms with van der Waals surface area (Å²) in [6.45, 7) is 10.6. The molecule has 19 heavy (non-hydrogen) atoms. The van der Waals surface area contributed by atoms with Gasteiger partial charge in [-0.25, -0.2) is 0 Å². The lowest BCUT2D eigenvalue weighted by molar-refractivity contribution is 1.30. The summed E-state index contributed by atoms with van der Waals surface area (Å²) in [4.78, 5) is 0. The highest BCUT2D eigenvalue weighted by Gasteiger charge is 1.89. The van der Waals surface area contributed by atoms with Crippen molar-refractivity contribution in [3.63, 3.8) is 0 Å². The molecule has 0 atom stereocenters. The van der Waals surface area contributed by atoms with Gasteiger partial charge in [-0.15, -0.1) is 0 Å². The Morgan fingerprint density at radius 3 is 1.37 bits per heavy atom. The minimum atomic E-state index is 1.34. The summed E-state index contributed by atoms with van der Waals surface area (Å²) in [5.41, 5.74) is 11.3. The summed E-state index contributed by atoms with van der Waals surface area (Å²) >= 11 is 0. The fourth-order valence-electron chi connectivity index (χ4n) is 1.70. The van der Waals surface area contributed by atoms with Crippen molar-refractivity contribution >= 4 is 0 Å². The smallest absolute Gasteiger partial charge is 0.0195 e. The molecule has 0 aliphatic heterocycles. The first-order valence-corrected chi connectivity index (χ1v) is 6.64. The lowest BCUT2D eigenvalue weighted by atomic mass is 10.1. The van der Waals surface area contributed by atoms with E-state index in [9.17, 15) is 0 Å². The van der Waals surface area contributed by atoms with Crippen LogP contribution in [0.3, 0.4) is 0 Å². The Labute approximate surface area is 118 Å². The second-order valence-electron chi connectivity index (χ2n) is 4.75.